The first-order valence-corrected chi connectivity index (χ1v) is 8.31. The largest absolute Gasteiger partial charge is 0.508 e. The molecule has 6 nitrogen and oxygen atoms in total. The van der Waals surface area contributed by atoms with Crippen LogP contribution in [0, 0.1) is 0 Å². The molecule has 0 aromatic heterocycles. The fraction of sp³-hybridized carbons (Fsp3) is 0.529. The van der Waals surface area contributed by atoms with Crippen LogP contribution < -0.4 is 16.0 Å². The lowest BCUT2D eigenvalue weighted by molar-refractivity contribution is -0.114. The van der Waals surface area contributed by atoms with Gasteiger partial charge in [-0.25, -0.2) is 4.99 Å². The summed E-state index contributed by atoms with van der Waals surface area (Å²) in [4.78, 5) is 16.3. The van der Waals surface area contributed by atoms with Crippen LogP contribution in [0.3, 0.4) is 0 Å². The van der Waals surface area contributed by atoms with Gasteiger partial charge in [0.2, 0.25) is 5.91 Å². The lowest BCUT2D eigenvalue weighted by Gasteiger charge is -2.24. The maximum atomic E-state index is 12.0. The molecule has 0 aliphatic heterocycles. The summed E-state index contributed by atoms with van der Waals surface area (Å²) in [5, 5.41) is 18.6. The Morgan fingerprint density at radius 3 is 2.50 bits per heavy atom. The van der Waals surface area contributed by atoms with Crippen molar-refractivity contribution in [1.82, 2.24) is 10.6 Å². The number of anilines is 1. The molecule has 0 heterocycles. The second kappa shape index (κ2) is 11.1. The summed E-state index contributed by atoms with van der Waals surface area (Å²) >= 11 is 0. The van der Waals surface area contributed by atoms with Crippen molar-refractivity contribution in [1.29, 1.82) is 0 Å². The van der Waals surface area contributed by atoms with Gasteiger partial charge in [-0.2, -0.15) is 0 Å². The van der Waals surface area contributed by atoms with E-state index in [1.54, 1.807) is 12.1 Å². The van der Waals surface area contributed by atoms with E-state index in [2.05, 4.69) is 20.9 Å². The van der Waals surface area contributed by atoms with Gasteiger partial charge in [0.25, 0.3) is 0 Å². The van der Waals surface area contributed by atoms with E-state index in [9.17, 15) is 9.90 Å². The number of carbonyl (C=O) groups is 1. The maximum absolute atomic E-state index is 12.0. The summed E-state index contributed by atoms with van der Waals surface area (Å²) in [6.45, 7) is 2.83. The molecule has 1 aliphatic rings. The summed E-state index contributed by atoms with van der Waals surface area (Å²) in [5.74, 6) is 0.684. The van der Waals surface area contributed by atoms with E-state index in [-0.39, 0.29) is 42.2 Å². The van der Waals surface area contributed by atoms with E-state index in [0.29, 0.717) is 17.7 Å². The number of nitrogens with zero attached hydrogens (tertiary/aromatic N) is 1. The third-order valence-electron chi connectivity index (χ3n) is 3.82. The van der Waals surface area contributed by atoms with E-state index in [0.717, 1.165) is 19.4 Å². The third-order valence-corrected chi connectivity index (χ3v) is 3.82. The number of benzene rings is 1. The number of phenolic OH excluding ortho intramolecular Hbond substituents is 1. The number of aromatic hydroxyl groups is 1. The van der Waals surface area contributed by atoms with E-state index in [1.807, 2.05) is 6.92 Å². The van der Waals surface area contributed by atoms with Gasteiger partial charge in [-0.3, -0.25) is 4.79 Å². The molecule has 0 atom stereocenters. The molecular formula is C17H27IN4O2. The van der Waals surface area contributed by atoms with Crippen LogP contribution in [0.4, 0.5) is 5.69 Å². The molecular weight excluding hydrogens is 419 g/mol. The number of guanidine groups is 1. The summed E-state index contributed by atoms with van der Waals surface area (Å²) in [6, 6.07) is 6.83. The first-order chi connectivity index (χ1) is 11.2. The molecule has 0 bridgehead atoms. The van der Waals surface area contributed by atoms with Gasteiger partial charge in [0.15, 0.2) is 5.96 Å². The Morgan fingerprint density at radius 1 is 1.21 bits per heavy atom. The zero-order valence-electron chi connectivity index (χ0n) is 14.0. The van der Waals surface area contributed by atoms with Crippen molar-refractivity contribution in [3.63, 3.8) is 0 Å². The molecule has 24 heavy (non-hydrogen) atoms. The maximum Gasteiger partial charge on any atom is 0.246 e. The average Bonchev–Trinajstić information content (AvgIpc) is 2.56. The number of carbonyl (C=O) groups excluding carboxylic acids is 1. The van der Waals surface area contributed by atoms with Crippen molar-refractivity contribution in [2.45, 2.75) is 45.1 Å². The normalized spacial score (nSPS) is 15.3. The Morgan fingerprint density at radius 2 is 1.88 bits per heavy atom. The Hall–Kier alpha value is -1.51. The van der Waals surface area contributed by atoms with Crippen LogP contribution in [-0.2, 0) is 4.79 Å². The minimum Gasteiger partial charge on any atom is -0.508 e. The summed E-state index contributed by atoms with van der Waals surface area (Å²) in [5.41, 5.74) is 0.647. The highest BCUT2D eigenvalue weighted by molar-refractivity contribution is 14.0. The lowest BCUT2D eigenvalue weighted by atomic mass is 9.96. The van der Waals surface area contributed by atoms with Crippen molar-refractivity contribution in [2.24, 2.45) is 4.99 Å². The monoisotopic (exact) mass is 446 g/mol. The van der Waals surface area contributed by atoms with Crippen LogP contribution in [0.15, 0.2) is 29.3 Å². The van der Waals surface area contributed by atoms with E-state index in [1.165, 1.54) is 31.4 Å². The molecule has 1 amide bonds. The number of nitrogens with one attached hydrogen (secondary N) is 3. The molecule has 134 valence electrons. The van der Waals surface area contributed by atoms with Crippen LogP contribution in [-0.4, -0.2) is 36.1 Å². The molecule has 0 saturated heterocycles. The minimum absolute atomic E-state index is 0. The quantitative estimate of drug-likeness (QED) is 0.243. The lowest BCUT2D eigenvalue weighted by Crippen LogP contribution is -2.44. The molecule has 7 heteroatoms. The predicted octanol–water partition coefficient (Wildman–Crippen LogP) is 2.84. The van der Waals surface area contributed by atoms with Gasteiger partial charge in [-0.1, -0.05) is 19.3 Å². The van der Waals surface area contributed by atoms with Crippen molar-refractivity contribution >= 4 is 41.5 Å². The second-order valence-corrected chi connectivity index (χ2v) is 5.77. The van der Waals surface area contributed by atoms with Crippen molar-refractivity contribution < 1.29 is 9.90 Å². The number of amides is 1. The molecule has 1 saturated carbocycles. The summed E-state index contributed by atoms with van der Waals surface area (Å²) < 4.78 is 0. The Balaban J connectivity index is 0.00000288. The smallest absolute Gasteiger partial charge is 0.246 e. The van der Waals surface area contributed by atoms with Gasteiger partial charge in [0, 0.05) is 18.3 Å². The van der Waals surface area contributed by atoms with Gasteiger partial charge >= 0.3 is 0 Å². The van der Waals surface area contributed by atoms with E-state index < -0.39 is 0 Å². The summed E-state index contributed by atoms with van der Waals surface area (Å²) in [6.07, 6.45) is 6.12. The first-order valence-electron chi connectivity index (χ1n) is 8.31. The fourth-order valence-corrected chi connectivity index (χ4v) is 2.66. The van der Waals surface area contributed by atoms with Crippen LogP contribution in [0.1, 0.15) is 39.0 Å². The minimum atomic E-state index is -0.184. The second-order valence-electron chi connectivity index (χ2n) is 5.77. The van der Waals surface area contributed by atoms with Gasteiger partial charge in [-0.15, -0.1) is 24.0 Å². The Bertz CT molecular complexity index is 528. The Labute approximate surface area is 160 Å². The molecule has 4 N–H and O–H groups in total. The Kier molecular flexibility index (Phi) is 9.51. The highest BCUT2D eigenvalue weighted by Crippen LogP contribution is 2.17. The SMILES string of the molecule is CCNC(=NCC(=O)Nc1ccc(O)cc1)NC1CCCCC1.I. The standard InChI is InChI=1S/C17H26N4O2.HI/c1-2-18-17(21-13-6-4-3-5-7-13)19-12-16(23)20-14-8-10-15(22)11-9-14;/h8-11,13,22H,2-7,12H2,1H3,(H,20,23)(H2,18,19,21);1H. The molecule has 1 aromatic rings. The molecule has 0 spiro atoms. The van der Waals surface area contributed by atoms with Gasteiger partial charge in [0.1, 0.15) is 12.3 Å². The fourth-order valence-electron chi connectivity index (χ4n) is 2.66. The average molecular weight is 446 g/mol. The molecule has 2 rings (SSSR count). The molecule has 0 unspecified atom stereocenters. The molecule has 1 aliphatic carbocycles. The van der Waals surface area contributed by atoms with E-state index >= 15 is 0 Å². The number of hydrogen-bond acceptors (Lipinski definition) is 3. The molecule has 1 fully saturated rings. The zero-order valence-corrected chi connectivity index (χ0v) is 16.4. The van der Waals surface area contributed by atoms with Crippen LogP contribution >= 0.6 is 24.0 Å². The summed E-state index contributed by atoms with van der Waals surface area (Å²) in [7, 11) is 0. The van der Waals surface area contributed by atoms with Crippen molar-refractivity contribution in [3.8, 4) is 5.75 Å². The first kappa shape index (κ1) is 20.5. The zero-order chi connectivity index (χ0) is 16.5. The number of rotatable bonds is 5. The highest BCUT2D eigenvalue weighted by atomic mass is 127. The number of aliphatic imine (C=N–C) groups is 1. The van der Waals surface area contributed by atoms with Crippen LogP contribution in [0.25, 0.3) is 0 Å². The van der Waals surface area contributed by atoms with Gasteiger partial charge in [0.05, 0.1) is 0 Å². The number of hydrogen-bond donors (Lipinski definition) is 4. The number of halogens is 1. The van der Waals surface area contributed by atoms with Gasteiger partial charge in [-0.05, 0) is 44.0 Å². The molecule has 0 radical (unpaired) electrons. The van der Waals surface area contributed by atoms with Crippen molar-refractivity contribution in [2.75, 3.05) is 18.4 Å². The third kappa shape index (κ3) is 7.37. The van der Waals surface area contributed by atoms with Gasteiger partial charge < -0.3 is 21.1 Å². The predicted molar refractivity (Wildman–Crippen MR) is 108 cm³/mol. The highest BCUT2D eigenvalue weighted by Gasteiger charge is 2.14. The van der Waals surface area contributed by atoms with Crippen molar-refractivity contribution in [3.05, 3.63) is 24.3 Å². The molecule has 1 aromatic carbocycles. The van der Waals surface area contributed by atoms with Crippen LogP contribution in [0.2, 0.25) is 0 Å². The topological polar surface area (TPSA) is 85.8 Å². The van der Waals surface area contributed by atoms with Crippen LogP contribution in [0.5, 0.6) is 5.75 Å². The number of phenols is 1. The van der Waals surface area contributed by atoms with E-state index in [4.69, 9.17) is 0 Å².